The molecule has 0 aromatic rings. The molecular formula is C14H25NO2. The van der Waals surface area contributed by atoms with Gasteiger partial charge in [-0.3, -0.25) is 9.69 Å². The SMILES string of the molecule is CC(C)C1CCCCC1N1CC(CC(=O)O)C1. The van der Waals surface area contributed by atoms with Crippen LogP contribution in [0.1, 0.15) is 46.0 Å². The molecule has 2 unspecified atom stereocenters. The van der Waals surface area contributed by atoms with Crippen molar-refractivity contribution in [1.29, 1.82) is 0 Å². The van der Waals surface area contributed by atoms with E-state index in [2.05, 4.69) is 18.7 Å². The van der Waals surface area contributed by atoms with E-state index in [0.29, 0.717) is 12.3 Å². The molecule has 1 heterocycles. The molecular weight excluding hydrogens is 214 g/mol. The van der Waals surface area contributed by atoms with Crippen LogP contribution in [0.5, 0.6) is 0 Å². The molecule has 0 bridgehead atoms. The van der Waals surface area contributed by atoms with E-state index in [-0.39, 0.29) is 0 Å². The Morgan fingerprint density at radius 3 is 2.53 bits per heavy atom. The van der Waals surface area contributed by atoms with Crippen LogP contribution in [0.3, 0.4) is 0 Å². The summed E-state index contributed by atoms with van der Waals surface area (Å²) in [5.74, 6) is 1.36. The highest BCUT2D eigenvalue weighted by molar-refractivity contribution is 5.67. The summed E-state index contributed by atoms with van der Waals surface area (Å²) in [5.41, 5.74) is 0. The molecule has 0 aromatic heterocycles. The van der Waals surface area contributed by atoms with Crippen molar-refractivity contribution in [2.45, 2.75) is 52.0 Å². The lowest BCUT2D eigenvalue weighted by molar-refractivity contribution is -0.140. The molecule has 1 saturated heterocycles. The van der Waals surface area contributed by atoms with E-state index in [1.54, 1.807) is 0 Å². The summed E-state index contributed by atoms with van der Waals surface area (Å²) in [6, 6.07) is 0.730. The van der Waals surface area contributed by atoms with Crippen LogP contribution in [0.4, 0.5) is 0 Å². The summed E-state index contributed by atoms with van der Waals surface area (Å²) in [6.45, 7) is 6.69. The van der Waals surface area contributed by atoms with Gasteiger partial charge in [0, 0.05) is 19.1 Å². The summed E-state index contributed by atoms with van der Waals surface area (Å²) >= 11 is 0. The first-order chi connectivity index (χ1) is 8.08. The third kappa shape index (κ3) is 3.01. The van der Waals surface area contributed by atoms with Crippen molar-refractivity contribution in [3.63, 3.8) is 0 Å². The smallest absolute Gasteiger partial charge is 0.303 e. The van der Waals surface area contributed by atoms with Crippen LogP contribution in [0, 0.1) is 17.8 Å². The average molecular weight is 239 g/mol. The number of hydrogen-bond acceptors (Lipinski definition) is 2. The van der Waals surface area contributed by atoms with E-state index < -0.39 is 5.97 Å². The lowest BCUT2D eigenvalue weighted by atomic mass is 9.75. The van der Waals surface area contributed by atoms with Gasteiger partial charge in [0.05, 0.1) is 6.42 Å². The molecule has 1 N–H and O–H groups in total. The largest absolute Gasteiger partial charge is 0.481 e. The van der Waals surface area contributed by atoms with Gasteiger partial charge >= 0.3 is 5.97 Å². The fraction of sp³-hybridized carbons (Fsp3) is 0.929. The minimum atomic E-state index is -0.640. The Balaban J connectivity index is 1.83. The third-order valence-electron chi connectivity index (χ3n) is 4.56. The monoisotopic (exact) mass is 239 g/mol. The summed E-state index contributed by atoms with van der Waals surface area (Å²) in [6.07, 6.45) is 5.78. The van der Waals surface area contributed by atoms with Gasteiger partial charge in [0.15, 0.2) is 0 Å². The molecule has 17 heavy (non-hydrogen) atoms. The van der Waals surface area contributed by atoms with Crippen LogP contribution in [-0.4, -0.2) is 35.1 Å². The number of rotatable bonds is 4. The second-order valence-corrected chi connectivity index (χ2v) is 6.18. The summed E-state index contributed by atoms with van der Waals surface area (Å²) in [7, 11) is 0. The highest BCUT2D eigenvalue weighted by Gasteiger charge is 2.38. The van der Waals surface area contributed by atoms with E-state index in [1.165, 1.54) is 25.7 Å². The second kappa shape index (κ2) is 5.38. The molecule has 1 aliphatic heterocycles. The molecule has 3 heteroatoms. The summed E-state index contributed by atoms with van der Waals surface area (Å²) in [5, 5.41) is 8.77. The zero-order valence-electron chi connectivity index (χ0n) is 11.1. The van der Waals surface area contributed by atoms with Crippen LogP contribution in [0.15, 0.2) is 0 Å². The van der Waals surface area contributed by atoms with Crippen LogP contribution in [-0.2, 0) is 4.79 Å². The van der Waals surface area contributed by atoms with Gasteiger partial charge in [-0.25, -0.2) is 0 Å². The fourth-order valence-electron chi connectivity index (χ4n) is 3.63. The first-order valence-electron chi connectivity index (χ1n) is 7.03. The molecule has 98 valence electrons. The zero-order chi connectivity index (χ0) is 12.4. The Labute approximate surface area is 104 Å². The number of carboxylic acids is 1. The molecule has 0 radical (unpaired) electrons. The maximum absolute atomic E-state index is 10.6. The Kier molecular flexibility index (Phi) is 4.08. The van der Waals surface area contributed by atoms with Crippen LogP contribution in [0.25, 0.3) is 0 Å². The Morgan fingerprint density at radius 1 is 1.29 bits per heavy atom. The molecule has 3 nitrogen and oxygen atoms in total. The Morgan fingerprint density at radius 2 is 1.94 bits per heavy atom. The van der Waals surface area contributed by atoms with Crippen molar-refractivity contribution in [3.8, 4) is 0 Å². The predicted molar refractivity (Wildman–Crippen MR) is 67.9 cm³/mol. The van der Waals surface area contributed by atoms with Crippen molar-refractivity contribution in [1.82, 2.24) is 4.90 Å². The van der Waals surface area contributed by atoms with Crippen molar-refractivity contribution >= 4 is 5.97 Å². The van der Waals surface area contributed by atoms with Gasteiger partial charge in [0.2, 0.25) is 0 Å². The lowest BCUT2D eigenvalue weighted by Gasteiger charge is -2.49. The molecule has 1 saturated carbocycles. The quantitative estimate of drug-likeness (QED) is 0.820. The predicted octanol–water partition coefficient (Wildman–Crippen LogP) is 2.61. The average Bonchev–Trinajstić information content (AvgIpc) is 2.22. The van der Waals surface area contributed by atoms with Gasteiger partial charge in [-0.1, -0.05) is 26.7 Å². The van der Waals surface area contributed by atoms with Crippen molar-refractivity contribution in [2.24, 2.45) is 17.8 Å². The number of carbonyl (C=O) groups is 1. The molecule has 0 amide bonds. The lowest BCUT2D eigenvalue weighted by Crippen LogP contribution is -2.56. The number of aliphatic carboxylic acids is 1. The molecule has 2 fully saturated rings. The molecule has 1 aliphatic carbocycles. The van der Waals surface area contributed by atoms with Crippen LogP contribution in [0.2, 0.25) is 0 Å². The van der Waals surface area contributed by atoms with E-state index in [4.69, 9.17) is 5.11 Å². The standard InChI is InChI=1S/C14H25NO2/c1-10(2)12-5-3-4-6-13(12)15-8-11(9-15)7-14(16)17/h10-13H,3-9H2,1-2H3,(H,16,17). The summed E-state index contributed by atoms with van der Waals surface area (Å²) in [4.78, 5) is 13.2. The summed E-state index contributed by atoms with van der Waals surface area (Å²) < 4.78 is 0. The maximum atomic E-state index is 10.6. The third-order valence-corrected chi connectivity index (χ3v) is 4.56. The van der Waals surface area contributed by atoms with E-state index >= 15 is 0 Å². The van der Waals surface area contributed by atoms with Gasteiger partial charge in [-0.05, 0) is 30.6 Å². The normalized spacial score (nSPS) is 31.5. The van der Waals surface area contributed by atoms with Crippen molar-refractivity contribution in [2.75, 3.05) is 13.1 Å². The van der Waals surface area contributed by atoms with Gasteiger partial charge in [0.25, 0.3) is 0 Å². The zero-order valence-corrected chi connectivity index (χ0v) is 11.1. The first-order valence-corrected chi connectivity index (χ1v) is 7.03. The number of nitrogens with zero attached hydrogens (tertiary/aromatic N) is 1. The van der Waals surface area contributed by atoms with Gasteiger partial charge in [-0.15, -0.1) is 0 Å². The first kappa shape index (κ1) is 12.9. The maximum Gasteiger partial charge on any atom is 0.303 e. The van der Waals surface area contributed by atoms with E-state index in [1.807, 2.05) is 0 Å². The molecule has 0 spiro atoms. The Bertz CT molecular complexity index is 271. The fourth-order valence-corrected chi connectivity index (χ4v) is 3.63. The second-order valence-electron chi connectivity index (χ2n) is 6.18. The Hall–Kier alpha value is -0.570. The van der Waals surface area contributed by atoms with Crippen LogP contribution < -0.4 is 0 Å². The molecule has 2 atom stereocenters. The highest BCUT2D eigenvalue weighted by Crippen LogP contribution is 2.37. The minimum Gasteiger partial charge on any atom is -0.481 e. The minimum absolute atomic E-state index is 0.357. The highest BCUT2D eigenvalue weighted by atomic mass is 16.4. The van der Waals surface area contributed by atoms with Gasteiger partial charge in [-0.2, -0.15) is 0 Å². The molecule has 2 aliphatic rings. The number of likely N-dealkylation sites (tertiary alicyclic amines) is 1. The van der Waals surface area contributed by atoms with Gasteiger partial charge < -0.3 is 5.11 Å². The molecule has 0 aromatic carbocycles. The van der Waals surface area contributed by atoms with Crippen molar-refractivity contribution in [3.05, 3.63) is 0 Å². The van der Waals surface area contributed by atoms with E-state index in [9.17, 15) is 4.79 Å². The number of hydrogen-bond donors (Lipinski definition) is 1. The number of carboxylic acid groups (broad SMARTS) is 1. The van der Waals surface area contributed by atoms with Crippen LogP contribution >= 0.6 is 0 Å². The molecule has 2 rings (SSSR count). The van der Waals surface area contributed by atoms with E-state index in [0.717, 1.165) is 31.0 Å². The van der Waals surface area contributed by atoms with Crippen molar-refractivity contribution < 1.29 is 9.90 Å². The topological polar surface area (TPSA) is 40.5 Å². The van der Waals surface area contributed by atoms with Gasteiger partial charge in [0.1, 0.15) is 0 Å².